The Kier molecular flexibility index (Phi) is 9.40. The zero-order valence-corrected chi connectivity index (χ0v) is 16.8. The minimum atomic E-state index is -0.405. The fraction of sp³-hybridized carbons (Fsp3) is 0.438. The van der Waals surface area contributed by atoms with Crippen molar-refractivity contribution in [3.05, 3.63) is 28.2 Å². The van der Waals surface area contributed by atoms with Crippen LogP contribution in [-0.4, -0.2) is 36.2 Å². The van der Waals surface area contributed by atoms with E-state index in [0.29, 0.717) is 29.0 Å². The number of hydrogen-bond acceptors (Lipinski definition) is 5. The van der Waals surface area contributed by atoms with Crippen molar-refractivity contribution in [1.29, 1.82) is 0 Å². The fourth-order valence-corrected chi connectivity index (χ4v) is 2.31. The van der Waals surface area contributed by atoms with Gasteiger partial charge in [0, 0.05) is 12.2 Å². The highest BCUT2D eigenvalue weighted by Crippen LogP contribution is 2.26. The molecule has 0 saturated heterocycles. The smallest absolute Gasteiger partial charge is 0.257 e. The van der Waals surface area contributed by atoms with E-state index in [2.05, 4.69) is 32.1 Å². The van der Waals surface area contributed by atoms with Crippen LogP contribution < -0.4 is 20.9 Å². The SMILES string of the molecule is CCOCCC(=O)NNC(=S)NC(=O)c1ccc(OC(C)C)c(Br)c1. The second-order valence-corrected chi connectivity index (χ2v) is 6.48. The normalized spacial score (nSPS) is 10.3. The number of hydrogen-bond donors (Lipinski definition) is 3. The van der Waals surface area contributed by atoms with Gasteiger partial charge in [-0.15, -0.1) is 0 Å². The molecule has 0 aliphatic carbocycles. The monoisotopic (exact) mass is 431 g/mol. The molecule has 0 atom stereocenters. The first-order valence-corrected chi connectivity index (χ1v) is 8.97. The van der Waals surface area contributed by atoms with Gasteiger partial charge >= 0.3 is 0 Å². The van der Waals surface area contributed by atoms with Crippen molar-refractivity contribution in [3.63, 3.8) is 0 Å². The van der Waals surface area contributed by atoms with E-state index in [-0.39, 0.29) is 23.5 Å². The summed E-state index contributed by atoms with van der Waals surface area (Å²) in [6.07, 6.45) is 0.223. The lowest BCUT2D eigenvalue weighted by Gasteiger charge is -2.13. The number of ether oxygens (including phenoxy) is 2. The highest BCUT2D eigenvalue weighted by Gasteiger charge is 2.12. The maximum absolute atomic E-state index is 12.2. The van der Waals surface area contributed by atoms with E-state index >= 15 is 0 Å². The van der Waals surface area contributed by atoms with Crippen molar-refractivity contribution >= 4 is 45.1 Å². The average Bonchev–Trinajstić information content (AvgIpc) is 2.54. The average molecular weight is 432 g/mol. The van der Waals surface area contributed by atoms with Crippen LogP contribution in [0.4, 0.5) is 0 Å². The molecule has 1 aromatic rings. The number of hydrazine groups is 1. The van der Waals surface area contributed by atoms with Crippen LogP contribution in [0.25, 0.3) is 0 Å². The van der Waals surface area contributed by atoms with E-state index in [4.69, 9.17) is 21.7 Å². The van der Waals surface area contributed by atoms with Gasteiger partial charge in [-0.05, 0) is 67.1 Å². The Balaban J connectivity index is 2.48. The van der Waals surface area contributed by atoms with Gasteiger partial charge in [-0.1, -0.05) is 0 Å². The molecule has 0 fully saturated rings. The summed E-state index contributed by atoms with van der Waals surface area (Å²) in [4.78, 5) is 23.7. The van der Waals surface area contributed by atoms with Crippen LogP contribution in [0.3, 0.4) is 0 Å². The van der Waals surface area contributed by atoms with Crippen LogP contribution in [0.1, 0.15) is 37.6 Å². The summed E-state index contributed by atoms with van der Waals surface area (Å²) in [5, 5.41) is 2.47. The van der Waals surface area contributed by atoms with Crippen LogP contribution in [0.5, 0.6) is 5.75 Å². The van der Waals surface area contributed by atoms with Crippen LogP contribution in [0.2, 0.25) is 0 Å². The number of nitrogens with one attached hydrogen (secondary N) is 3. The molecule has 9 heteroatoms. The third-order valence-electron chi connectivity index (χ3n) is 2.78. The lowest BCUT2D eigenvalue weighted by Crippen LogP contribution is -2.48. The zero-order valence-electron chi connectivity index (χ0n) is 14.3. The second-order valence-electron chi connectivity index (χ2n) is 5.22. The van der Waals surface area contributed by atoms with Gasteiger partial charge < -0.3 is 9.47 Å². The number of amides is 2. The number of halogens is 1. The molecule has 0 aromatic heterocycles. The summed E-state index contributed by atoms with van der Waals surface area (Å²) in [5.41, 5.74) is 5.25. The van der Waals surface area contributed by atoms with E-state index in [0.717, 1.165) is 0 Å². The Morgan fingerprint density at radius 3 is 2.60 bits per heavy atom. The molecule has 0 radical (unpaired) electrons. The van der Waals surface area contributed by atoms with Gasteiger partial charge in [0.2, 0.25) is 5.91 Å². The molecule has 1 aromatic carbocycles. The van der Waals surface area contributed by atoms with E-state index in [1.165, 1.54) is 0 Å². The van der Waals surface area contributed by atoms with Crippen LogP contribution in [-0.2, 0) is 9.53 Å². The van der Waals surface area contributed by atoms with Gasteiger partial charge in [-0.3, -0.25) is 25.8 Å². The van der Waals surface area contributed by atoms with E-state index in [1.807, 2.05) is 20.8 Å². The minimum Gasteiger partial charge on any atom is -0.490 e. The first-order valence-electron chi connectivity index (χ1n) is 7.77. The number of rotatable bonds is 7. The van der Waals surface area contributed by atoms with Gasteiger partial charge in [-0.2, -0.15) is 0 Å². The summed E-state index contributed by atoms with van der Waals surface area (Å²) in [7, 11) is 0. The Bertz CT molecular complexity index is 625. The van der Waals surface area contributed by atoms with Gasteiger partial charge in [-0.25, -0.2) is 0 Å². The van der Waals surface area contributed by atoms with Crippen molar-refractivity contribution in [1.82, 2.24) is 16.2 Å². The summed E-state index contributed by atoms with van der Waals surface area (Å²) in [5.74, 6) is -0.0466. The molecule has 0 unspecified atom stereocenters. The van der Waals surface area contributed by atoms with Crippen molar-refractivity contribution in [2.45, 2.75) is 33.3 Å². The van der Waals surface area contributed by atoms with Crippen LogP contribution >= 0.6 is 28.1 Å². The van der Waals surface area contributed by atoms with E-state index in [9.17, 15) is 9.59 Å². The van der Waals surface area contributed by atoms with Gasteiger partial charge in [0.25, 0.3) is 5.91 Å². The predicted octanol–water partition coefficient (Wildman–Crippen LogP) is 2.30. The zero-order chi connectivity index (χ0) is 18.8. The Morgan fingerprint density at radius 2 is 2.00 bits per heavy atom. The highest BCUT2D eigenvalue weighted by molar-refractivity contribution is 9.10. The van der Waals surface area contributed by atoms with E-state index in [1.54, 1.807) is 18.2 Å². The third kappa shape index (κ3) is 8.28. The van der Waals surface area contributed by atoms with Crippen molar-refractivity contribution < 1.29 is 19.1 Å². The molecule has 25 heavy (non-hydrogen) atoms. The molecule has 0 saturated carbocycles. The van der Waals surface area contributed by atoms with E-state index < -0.39 is 5.91 Å². The van der Waals surface area contributed by atoms with Crippen molar-refractivity contribution in [2.75, 3.05) is 13.2 Å². The molecule has 138 valence electrons. The molecule has 0 heterocycles. The standard InChI is InChI=1S/C16H22BrN3O4S/c1-4-23-8-7-14(21)19-20-16(25)18-15(22)11-5-6-13(12(17)9-11)24-10(2)3/h5-6,9-10H,4,7-8H2,1-3H3,(H,19,21)(H2,18,20,22,25). The lowest BCUT2D eigenvalue weighted by molar-refractivity contribution is -0.122. The first-order chi connectivity index (χ1) is 11.8. The number of carbonyl (C=O) groups is 2. The first kappa shape index (κ1) is 21.3. The maximum atomic E-state index is 12.2. The van der Waals surface area contributed by atoms with Crippen LogP contribution in [0, 0.1) is 0 Å². The lowest BCUT2D eigenvalue weighted by atomic mass is 10.2. The molecular formula is C16H22BrN3O4S. The van der Waals surface area contributed by atoms with Gasteiger partial charge in [0.1, 0.15) is 5.75 Å². The Hall–Kier alpha value is -1.71. The molecule has 0 aliphatic rings. The second kappa shape index (κ2) is 11.0. The summed E-state index contributed by atoms with van der Waals surface area (Å²) < 4.78 is 11.3. The Morgan fingerprint density at radius 1 is 1.28 bits per heavy atom. The molecule has 0 bridgehead atoms. The molecular weight excluding hydrogens is 410 g/mol. The number of thiocarbonyl (C=S) groups is 1. The summed E-state index contributed by atoms with van der Waals surface area (Å²) in [6, 6.07) is 4.96. The fourth-order valence-electron chi connectivity index (χ4n) is 1.70. The molecule has 1 rings (SSSR count). The minimum absolute atomic E-state index is 0.00612. The molecule has 3 N–H and O–H groups in total. The van der Waals surface area contributed by atoms with Crippen molar-refractivity contribution in [2.24, 2.45) is 0 Å². The number of benzene rings is 1. The Labute approximate surface area is 160 Å². The van der Waals surface area contributed by atoms with Crippen molar-refractivity contribution in [3.8, 4) is 5.75 Å². The molecule has 2 amide bonds. The van der Waals surface area contributed by atoms with Gasteiger partial charge in [0.05, 0.1) is 23.6 Å². The third-order valence-corrected chi connectivity index (χ3v) is 3.60. The highest BCUT2D eigenvalue weighted by atomic mass is 79.9. The predicted molar refractivity (Wildman–Crippen MR) is 102 cm³/mol. The summed E-state index contributed by atoms with van der Waals surface area (Å²) in [6.45, 7) is 6.55. The molecule has 0 spiro atoms. The quantitative estimate of drug-likeness (QED) is 0.348. The largest absolute Gasteiger partial charge is 0.490 e. The molecule has 7 nitrogen and oxygen atoms in total. The number of carbonyl (C=O) groups excluding carboxylic acids is 2. The maximum Gasteiger partial charge on any atom is 0.257 e. The summed E-state index contributed by atoms with van der Waals surface area (Å²) >= 11 is 8.34. The van der Waals surface area contributed by atoms with Crippen LogP contribution in [0.15, 0.2) is 22.7 Å². The topological polar surface area (TPSA) is 88.7 Å². The van der Waals surface area contributed by atoms with Gasteiger partial charge in [0.15, 0.2) is 5.11 Å². The molecule has 0 aliphatic heterocycles.